The Labute approximate surface area is 99.1 Å². The number of aryl methyl sites for hydroxylation is 1. The van der Waals surface area contributed by atoms with Gasteiger partial charge in [-0.25, -0.2) is 0 Å². The van der Waals surface area contributed by atoms with Crippen molar-refractivity contribution in [1.29, 1.82) is 0 Å². The molecule has 0 amide bonds. The first kappa shape index (κ1) is 11.1. The number of aromatic nitrogens is 3. The Balaban J connectivity index is 2.24. The van der Waals surface area contributed by atoms with Gasteiger partial charge in [0, 0.05) is 24.5 Å². The van der Waals surface area contributed by atoms with Gasteiger partial charge in [0.1, 0.15) is 0 Å². The number of rotatable bonds is 3. The summed E-state index contributed by atoms with van der Waals surface area (Å²) < 4.78 is 1.84. The van der Waals surface area contributed by atoms with Crippen LogP contribution in [-0.2, 0) is 6.54 Å². The maximum atomic E-state index is 6.08. The Morgan fingerprint density at radius 3 is 2.81 bits per heavy atom. The molecule has 2 aromatic rings. The van der Waals surface area contributed by atoms with E-state index in [1.807, 2.05) is 23.9 Å². The Hall–Kier alpha value is -1.39. The molecule has 1 atom stereocenters. The highest BCUT2D eigenvalue weighted by atomic mass is 35.5. The number of halogens is 1. The third kappa shape index (κ3) is 2.23. The molecule has 2 aromatic heterocycles. The second-order valence-corrected chi connectivity index (χ2v) is 3.94. The lowest BCUT2D eigenvalue weighted by atomic mass is 10.1. The van der Waals surface area contributed by atoms with Crippen molar-refractivity contribution in [2.24, 2.45) is 5.73 Å². The summed E-state index contributed by atoms with van der Waals surface area (Å²) in [5.41, 5.74) is 7.82. The topological polar surface area (TPSA) is 56.7 Å². The van der Waals surface area contributed by atoms with Crippen LogP contribution >= 0.6 is 11.6 Å². The van der Waals surface area contributed by atoms with Crippen molar-refractivity contribution in [3.8, 4) is 0 Å². The van der Waals surface area contributed by atoms with Crippen LogP contribution < -0.4 is 5.73 Å². The van der Waals surface area contributed by atoms with E-state index in [-0.39, 0.29) is 6.04 Å². The number of nitrogens with zero attached hydrogens (tertiary/aromatic N) is 3. The predicted molar refractivity (Wildman–Crippen MR) is 63.2 cm³/mol. The Kier molecular flexibility index (Phi) is 3.22. The number of hydrogen-bond donors (Lipinski definition) is 1. The third-order valence-electron chi connectivity index (χ3n) is 2.41. The third-order valence-corrected chi connectivity index (χ3v) is 2.63. The molecular formula is C11H13ClN4. The molecule has 4 nitrogen and oxygen atoms in total. The van der Waals surface area contributed by atoms with Crippen LogP contribution in [0.15, 0.2) is 30.7 Å². The van der Waals surface area contributed by atoms with Gasteiger partial charge in [-0.15, -0.1) is 0 Å². The van der Waals surface area contributed by atoms with Gasteiger partial charge in [0.25, 0.3) is 0 Å². The molecule has 5 heteroatoms. The van der Waals surface area contributed by atoms with Gasteiger partial charge >= 0.3 is 0 Å². The smallest absolute Gasteiger partial charge is 0.0757 e. The molecule has 0 bridgehead atoms. The molecular weight excluding hydrogens is 224 g/mol. The van der Waals surface area contributed by atoms with Gasteiger partial charge in [0.05, 0.1) is 23.0 Å². The molecule has 84 valence electrons. The Morgan fingerprint density at radius 2 is 2.25 bits per heavy atom. The van der Waals surface area contributed by atoms with Crippen molar-refractivity contribution in [3.05, 3.63) is 47.0 Å². The first-order chi connectivity index (χ1) is 7.70. The van der Waals surface area contributed by atoms with Crippen LogP contribution in [0.3, 0.4) is 0 Å². The quantitative estimate of drug-likeness (QED) is 0.887. The zero-order valence-corrected chi connectivity index (χ0v) is 9.72. The van der Waals surface area contributed by atoms with E-state index in [9.17, 15) is 0 Å². The molecule has 0 aromatic carbocycles. The summed E-state index contributed by atoms with van der Waals surface area (Å²) in [4.78, 5) is 4.20. The molecule has 1 unspecified atom stereocenters. The van der Waals surface area contributed by atoms with Gasteiger partial charge in [-0.2, -0.15) is 5.10 Å². The van der Waals surface area contributed by atoms with Gasteiger partial charge in [-0.05, 0) is 19.1 Å². The summed E-state index contributed by atoms with van der Waals surface area (Å²) in [6.07, 6.45) is 5.30. The van der Waals surface area contributed by atoms with Gasteiger partial charge < -0.3 is 5.73 Å². The highest BCUT2D eigenvalue weighted by Gasteiger charge is 2.11. The van der Waals surface area contributed by atoms with E-state index in [1.54, 1.807) is 18.5 Å². The number of hydrogen-bond acceptors (Lipinski definition) is 3. The van der Waals surface area contributed by atoms with Crippen molar-refractivity contribution in [3.63, 3.8) is 0 Å². The first-order valence-electron chi connectivity index (χ1n) is 5.10. The molecule has 0 aliphatic rings. The molecule has 0 aliphatic heterocycles. The zero-order valence-electron chi connectivity index (χ0n) is 8.97. The van der Waals surface area contributed by atoms with Crippen molar-refractivity contribution < 1.29 is 0 Å². The molecule has 2 heterocycles. The van der Waals surface area contributed by atoms with E-state index in [2.05, 4.69) is 10.1 Å². The molecule has 0 saturated carbocycles. The van der Waals surface area contributed by atoms with E-state index < -0.39 is 0 Å². The van der Waals surface area contributed by atoms with Crippen LogP contribution in [0, 0.1) is 0 Å². The second kappa shape index (κ2) is 4.63. The lowest BCUT2D eigenvalue weighted by Crippen LogP contribution is -2.12. The highest BCUT2D eigenvalue weighted by molar-refractivity contribution is 6.30. The molecule has 2 rings (SSSR count). The van der Waals surface area contributed by atoms with Gasteiger partial charge in [0.2, 0.25) is 0 Å². The largest absolute Gasteiger partial charge is 0.319 e. The summed E-state index contributed by atoms with van der Waals surface area (Å²) >= 11 is 5.77. The lowest BCUT2D eigenvalue weighted by Gasteiger charge is -2.08. The molecule has 0 aliphatic carbocycles. The summed E-state index contributed by atoms with van der Waals surface area (Å²) in [6.45, 7) is 2.86. The fraction of sp³-hybridized carbons (Fsp3) is 0.273. The number of nitrogens with two attached hydrogens (primary N) is 1. The molecule has 16 heavy (non-hydrogen) atoms. The van der Waals surface area contributed by atoms with E-state index in [0.29, 0.717) is 5.02 Å². The van der Waals surface area contributed by atoms with E-state index in [1.165, 1.54) is 0 Å². The van der Waals surface area contributed by atoms with Crippen LogP contribution in [0.2, 0.25) is 5.02 Å². The minimum Gasteiger partial charge on any atom is -0.319 e. The fourth-order valence-corrected chi connectivity index (χ4v) is 1.57. The molecule has 0 radical (unpaired) electrons. The van der Waals surface area contributed by atoms with Crippen LogP contribution in [0.5, 0.6) is 0 Å². The normalized spacial score (nSPS) is 12.7. The van der Waals surface area contributed by atoms with Crippen LogP contribution in [0.25, 0.3) is 0 Å². The zero-order chi connectivity index (χ0) is 11.5. The fourth-order valence-electron chi connectivity index (χ4n) is 1.46. The van der Waals surface area contributed by atoms with Crippen LogP contribution in [0.4, 0.5) is 0 Å². The average Bonchev–Trinajstić information content (AvgIpc) is 2.77. The molecule has 2 N–H and O–H groups in total. The summed E-state index contributed by atoms with van der Waals surface area (Å²) in [6, 6.07) is 3.36. The molecule has 0 fully saturated rings. The predicted octanol–water partition coefficient (Wildman–Crippen LogP) is 2.00. The molecule has 0 saturated heterocycles. The number of pyridine rings is 1. The van der Waals surface area contributed by atoms with Crippen molar-refractivity contribution in [2.75, 3.05) is 0 Å². The Morgan fingerprint density at radius 1 is 1.44 bits per heavy atom. The summed E-state index contributed by atoms with van der Waals surface area (Å²) in [5.74, 6) is 0. The standard InChI is InChI=1S/C11H13ClN4/c1-2-16-7-8(5-15-16)11(13)10-4-3-9(12)6-14-10/h3-7,11H,2,13H2,1H3. The lowest BCUT2D eigenvalue weighted by molar-refractivity contribution is 0.658. The van der Waals surface area contributed by atoms with Gasteiger partial charge in [-0.3, -0.25) is 9.67 Å². The first-order valence-corrected chi connectivity index (χ1v) is 5.48. The average molecular weight is 237 g/mol. The maximum Gasteiger partial charge on any atom is 0.0757 e. The molecule has 0 spiro atoms. The SMILES string of the molecule is CCn1cc(C(N)c2ccc(Cl)cn2)cn1. The van der Waals surface area contributed by atoms with Crippen molar-refractivity contribution in [1.82, 2.24) is 14.8 Å². The van der Waals surface area contributed by atoms with Crippen molar-refractivity contribution in [2.45, 2.75) is 19.5 Å². The minimum absolute atomic E-state index is 0.252. The van der Waals surface area contributed by atoms with E-state index in [0.717, 1.165) is 17.8 Å². The maximum absolute atomic E-state index is 6.08. The second-order valence-electron chi connectivity index (χ2n) is 3.51. The Bertz CT molecular complexity index is 463. The summed E-state index contributed by atoms with van der Waals surface area (Å²) in [5, 5.41) is 4.79. The van der Waals surface area contributed by atoms with Crippen molar-refractivity contribution >= 4 is 11.6 Å². The highest BCUT2D eigenvalue weighted by Crippen LogP contribution is 2.18. The van der Waals surface area contributed by atoms with E-state index in [4.69, 9.17) is 17.3 Å². The van der Waals surface area contributed by atoms with Gasteiger partial charge in [0.15, 0.2) is 0 Å². The monoisotopic (exact) mass is 236 g/mol. The van der Waals surface area contributed by atoms with Crippen LogP contribution in [0.1, 0.15) is 24.2 Å². The summed E-state index contributed by atoms with van der Waals surface area (Å²) in [7, 11) is 0. The van der Waals surface area contributed by atoms with Gasteiger partial charge in [-0.1, -0.05) is 11.6 Å². The minimum atomic E-state index is -0.252. The van der Waals surface area contributed by atoms with Crippen LogP contribution in [-0.4, -0.2) is 14.8 Å². The van der Waals surface area contributed by atoms with E-state index >= 15 is 0 Å².